The van der Waals surface area contributed by atoms with Gasteiger partial charge in [0.15, 0.2) is 0 Å². The fourth-order valence-corrected chi connectivity index (χ4v) is 1.67. The van der Waals surface area contributed by atoms with E-state index in [0.29, 0.717) is 15.8 Å². The number of rotatable bonds is 0. The maximum Gasteiger partial charge on any atom is 0.258 e. The lowest BCUT2D eigenvalue weighted by atomic mass is 10.0. The van der Waals surface area contributed by atoms with Gasteiger partial charge in [-0.05, 0) is 24.6 Å². The molecule has 1 aliphatic rings. The molecule has 1 unspecified atom stereocenters. The van der Waals surface area contributed by atoms with Crippen molar-refractivity contribution in [3.05, 3.63) is 28.8 Å². The number of anilines is 1. The average molecular weight is 198 g/mol. The van der Waals surface area contributed by atoms with Crippen LogP contribution in [0.3, 0.4) is 0 Å². The lowest BCUT2D eigenvalue weighted by Crippen LogP contribution is -2.23. The molecule has 0 fully saturated rings. The third kappa shape index (κ3) is 1.12. The highest BCUT2D eigenvalue weighted by molar-refractivity contribution is 6.31. The third-order valence-electron chi connectivity index (χ3n) is 2.27. The van der Waals surface area contributed by atoms with Gasteiger partial charge < -0.3 is 0 Å². The first-order valence-corrected chi connectivity index (χ1v) is 4.31. The first-order chi connectivity index (χ1) is 6.11. The van der Waals surface area contributed by atoms with Crippen molar-refractivity contribution in [3.8, 4) is 0 Å². The molecule has 0 radical (unpaired) electrons. The van der Waals surface area contributed by atoms with E-state index in [1.54, 1.807) is 25.1 Å². The minimum atomic E-state index is -0.308. The standard InChI is InChI=1S/C9H8ClNO2/c1-5-7-3-2-6(10)4-8(7)11(13)9(5)12/h2-5,13H,1H3. The van der Waals surface area contributed by atoms with Crippen LogP contribution in [0.5, 0.6) is 0 Å². The Balaban J connectivity index is 2.60. The number of hydrogen-bond acceptors (Lipinski definition) is 2. The lowest BCUT2D eigenvalue weighted by molar-refractivity contribution is -0.123. The summed E-state index contributed by atoms with van der Waals surface area (Å²) < 4.78 is 0. The molecule has 1 aromatic rings. The van der Waals surface area contributed by atoms with Crippen LogP contribution in [0.2, 0.25) is 5.02 Å². The number of fused-ring (bicyclic) bond motifs is 1. The molecule has 3 nitrogen and oxygen atoms in total. The van der Waals surface area contributed by atoms with Crippen LogP contribution in [-0.2, 0) is 4.79 Å². The van der Waals surface area contributed by atoms with Crippen LogP contribution in [-0.4, -0.2) is 11.1 Å². The van der Waals surface area contributed by atoms with E-state index in [1.165, 1.54) is 0 Å². The Kier molecular flexibility index (Phi) is 1.78. The number of hydrogen-bond donors (Lipinski definition) is 1. The van der Waals surface area contributed by atoms with Crippen molar-refractivity contribution in [2.24, 2.45) is 0 Å². The predicted molar refractivity (Wildman–Crippen MR) is 49.1 cm³/mol. The lowest BCUT2D eigenvalue weighted by Gasteiger charge is -2.06. The molecule has 68 valence electrons. The minimum Gasteiger partial charge on any atom is -0.281 e. The number of carbonyl (C=O) groups excluding carboxylic acids is 1. The van der Waals surface area contributed by atoms with Gasteiger partial charge in [0.05, 0.1) is 11.6 Å². The van der Waals surface area contributed by atoms with Gasteiger partial charge in [0.1, 0.15) is 0 Å². The highest BCUT2D eigenvalue weighted by Crippen LogP contribution is 2.37. The van der Waals surface area contributed by atoms with Crippen LogP contribution in [0.15, 0.2) is 18.2 Å². The van der Waals surface area contributed by atoms with Crippen molar-refractivity contribution < 1.29 is 10.0 Å². The molecule has 1 heterocycles. The molecule has 0 saturated carbocycles. The molecule has 0 bridgehead atoms. The highest BCUT2D eigenvalue weighted by Gasteiger charge is 2.33. The van der Waals surface area contributed by atoms with Gasteiger partial charge in [-0.1, -0.05) is 17.7 Å². The van der Waals surface area contributed by atoms with Crippen molar-refractivity contribution in [2.45, 2.75) is 12.8 Å². The average Bonchev–Trinajstić information content (AvgIpc) is 2.32. The zero-order chi connectivity index (χ0) is 9.59. The Morgan fingerprint density at radius 1 is 1.54 bits per heavy atom. The Morgan fingerprint density at radius 2 is 2.23 bits per heavy atom. The molecule has 0 saturated heterocycles. The van der Waals surface area contributed by atoms with Crippen molar-refractivity contribution in [2.75, 3.05) is 5.06 Å². The van der Waals surface area contributed by atoms with Gasteiger partial charge in [-0.3, -0.25) is 10.0 Å². The summed E-state index contributed by atoms with van der Waals surface area (Å²) in [6.07, 6.45) is 0. The smallest absolute Gasteiger partial charge is 0.258 e. The summed E-state index contributed by atoms with van der Waals surface area (Å²) in [5, 5.41) is 10.5. The van der Waals surface area contributed by atoms with Crippen LogP contribution in [0.25, 0.3) is 0 Å². The van der Waals surface area contributed by atoms with E-state index >= 15 is 0 Å². The van der Waals surface area contributed by atoms with E-state index in [4.69, 9.17) is 11.6 Å². The monoisotopic (exact) mass is 197 g/mol. The van der Waals surface area contributed by atoms with Gasteiger partial charge in [0.25, 0.3) is 5.91 Å². The van der Waals surface area contributed by atoms with E-state index in [2.05, 4.69) is 0 Å². The SMILES string of the molecule is CC1C(=O)N(O)c2cc(Cl)ccc21. The molecule has 1 amide bonds. The number of carbonyl (C=O) groups is 1. The summed E-state index contributed by atoms with van der Waals surface area (Å²) in [4.78, 5) is 11.3. The van der Waals surface area contributed by atoms with Crippen molar-refractivity contribution in [1.29, 1.82) is 0 Å². The fraction of sp³-hybridized carbons (Fsp3) is 0.222. The summed E-state index contributed by atoms with van der Waals surface area (Å²) in [5.41, 5.74) is 1.31. The van der Waals surface area contributed by atoms with Gasteiger partial charge in [-0.15, -0.1) is 0 Å². The van der Waals surface area contributed by atoms with Crippen LogP contribution < -0.4 is 5.06 Å². The van der Waals surface area contributed by atoms with E-state index in [-0.39, 0.29) is 11.8 Å². The van der Waals surface area contributed by atoms with Gasteiger partial charge in [0, 0.05) is 5.02 Å². The Labute approximate surface area is 80.5 Å². The number of halogens is 1. The summed E-state index contributed by atoms with van der Waals surface area (Å²) >= 11 is 5.74. The van der Waals surface area contributed by atoms with Gasteiger partial charge in [-0.25, -0.2) is 0 Å². The van der Waals surface area contributed by atoms with Crippen LogP contribution in [0, 0.1) is 0 Å². The first kappa shape index (κ1) is 8.53. The molecule has 13 heavy (non-hydrogen) atoms. The number of hydroxylamine groups is 1. The molecule has 1 aliphatic heterocycles. The quantitative estimate of drug-likeness (QED) is 0.648. The largest absolute Gasteiger partial charge is 0.281 e. The Morgan fingerprint density at radius 3 is 2.92 bits per heavy atom. The van der Waals surface area contributed by atoms with Gasteiger partial charge in [0.2, 0.25) is 0 Å². The minimum absolute atomic E-state index is 0.280. The van der Waals surface area contributed by atoms with Gasteiger partial charge >= 0.3 is 0 Å². The second kappa shape index (κ2) is 2.72. The molecule has 0 aromatic heterocycles. The molecule has 0 aliphatic carbocycles. The molecule has 1 aromatic carbocycles. The fourth-order valence-electron chi connectivity index (χ4n) is 1.50. The van der Waals surface area contributed by atoms with E-state index < -0.39 is 0 Å². The Bertz CT molecular complexity index is 378. The topological polar surface area (TPSA) is 40.5 Å². The van der Waals surface area contributed by atoms with Gasteiger partial charge in [-0.2, -0.15) is 5.06 Å². The maximum atomic E-state index is 11.3. The number of nitrogens with zero attached hydrogens (tertiary/aromatic N) is 1. The normalized spacial score (nSPS) is 20.7. The van der Waals surface area contributed by atoms with Crippen molar-refractivity contribution in [1.82, 2.24) is 0 Å². The zero-order valence-corrected chi connectivity index (χ0v) is 7.75. The van der Waals surface area contributed by atoms with Crippen molar-refractivity contribution >= 4 is 23.2 Å². The molecule has 4 heteroatoms. The summed E-state index contributed by atoms with van der Waals surface area (Å²) in [6, 6.07) is 5.05. The Hall–Kier alpha value is -1.06. The molecule has 0 spiro atoms. The van der Waals surface area contributed by atoms with E-state index in [0.717, 1.165) is 5.56 Å². The molecule has 1 atom stereocenters. The van der Waals surface area contributed by atoms with Crippen LogP contribution in [0.1, 0.15) is 18.4 Å². The number of amides is 1. The van der Waals surface area contributed by atoms with Crippen molar-refractivity contribution in [3.63, 3.8) is 0 Å². The van der Waals surface area contributed by atoms with Crippen LogP contribution >= 0.6 is 11.6 Å². The first-order valence-electron chi connectivity index (χ1n) is 3.93. The maximum absolute atomic E-state index is 11.3. The van der Waals surface area contributed by atoms with Crippen LogP contribution in [0.4, 0.5) is 5.69 Å². The van der Waals surface area contributed by atoms with E-state index in [9.17, 15) is 10.0 Å². The summed E-state index contributed by atoms with van der Waals surface area (Å²) in [7, 11) is 0. The second-order valence-corrected chi connectivity index (χ2v) is 3.51. The zero-order valence-electron chi connectivity index (χ0n) is 6.99. The molecular weight excluding hydrogens is 190 g/mol. The molecule has 2 rings (SSSR count). The highest BCUT2D eigenvalue weighted by atomic mass is 35.5. The summed E-state index contributed by atoms with van der Waals surface area (Å²) in [5.74, 6) is -0.588. The molecule has 1 N–H and O–H groups in total. The van der Waals surface area contributed by atoms with E-state index in [1.807, 2.05) is 0 Å². The second-order valence-electron chi connectivity index (χ2n) is 3.07. The molecular formula is C9H8ClNO2. The third-order valence-corrected chi connectivity index (χ3v) is 2.50. The predicted octanol–water partition coefficient (Wildman–Crippen LogP) is 2.18. The summed E-state index contributed by atoms with van der Waals surface area (Å²) in [6.45, 7) is 1.76. The number of benzene rings is 1.